The predicted octanol–water partition coefficient (Wildman–Crippen LogP) is 3.68. The highest BCUT2D eigenvalue weighted by Gasteiger charge is 2.35. The van der Waals surface area contributed by atoms with Crippen LogP contribution >= 0.6 is 11.3 Å². The molecule has 0 unspecified atom stereocenters. The van der Waals surface area contributed by atoms with Crippen LogP contribution in [0.1, 0.15) is 10.6 Å². The first kappa shape index (κ1) is 13.1. The SMILES string of the molecule is Cn1nc(-c2ccc(CCF)s2)cc1C(F)(F)F. The Labute approximate surface area is 105 Å². The average Bonchev–Trinajstić information content (AvgIpc) is 2.84. The Morgan fingerprint density at radius 1 is 1.33 bits per heavy atom. The smallest absolute Gasteiger partial charge is 0.263 e. The Hall–Kier alpha value is -1.37. The van der Waals surface area contributed by atoms with Crippen LogP contribution in [0.15, 0.2) is 18.2 Å². The van der Waals surface area contributed by atoms with E-state index in [1.165, 1.54) is 18.4 Å². The lowest BCUT2D eigenvalue weighted by molar-refractivity contribution is -0.143. The highest BCUT2D eigenvalue weighted by atomic mass is 32.1. The second-order valence-electron chi connectivity index (χ2n) is 3.74. The van der Waals surface area contributed by atoms with Crippen LogP contribution in [0.25, 0.3) is 10.6 Å². The summed E-state index contributed by atoms with van der Waals surface area (Å²) in [6.45, 7) is -0.476. The van der Waals surface area contributed by atoms with Crippen molar-refractivity contribution in [1.29, 1.82) is 0 Å². The van der Waals surface area contributed by atoms with Gasteiger partial charge in [0.15, 0.2) is 0 Å². The molecule has 0 aliphatic heterocycles. The monoisotopic (exact) mass is 278 g/mol. The molecule has 2 nitrogen and oxygen atoms in total. The molecule has 0 atom stereocenters. The van der Waals surface area contributed by atoms with E-state index in [-0.39, 0.29) is 12.1 Å². The molecule has 0 bridgehead atoms. The fraction of sp³-hybridized carbons (Fsp3) is 0.364. The molecule has 2 rings (SSSR count). The van der Waals surface area contributed by atoms with Gasteiger partial charge in [-0.1, -0.05) is 0 Å². The molecule has 0 radical (unpaired) electrons. The lowest BCUT2D eigenvalue weighted by Gasteiger charge is -2.04. The molecule has 0 fully saturated rings. The second kappa shape index (κ2) is 4.72. The molecular weight excluding hydrogens is 268 g/mol. The summed E-state index contributed by atoms with van der Waals surface area (Å²) in [4.78, 5) is 1.41. The van der Waals surface area contributed by atoms with Crippen LogP contribution in [-0.2, 0) is 19.6 Å². The van der Waals surface area contributed by atoms with Gasteiger partial charge in [0.2, 0.25) is 0 Å². The van der Waals surface area contributed by atoms with Crippen LogP contribution in [0, 0.1) is 0 Å². The van der Waals surface area contributed by atoms with Crippen LogP contribution in [0.3, 0.4) is 0 Å². The summed E-state index contributed by atoms with van der Waals surface area (Å²) in [7, 11) is 1.25. The fourth-order valence-electron chi connectivity index (χ4n) is 1.60. The third-order valence-electron chi connectivity index (χ3n) is 2.43. The molecule has 0 saturated heterocycles. The lowest BCUT2D eigenvalue weighted by Crippen LogP contribution is -2.11. The molecule has 0 spiro atoms. The number of aromatic nitrogens is 2. The number of alkyl halides is 4. The van der Waals surface area contributed by atoms with Crippen molar-refractivity contribution in [1.82, 2.24) is 9.78 Å². The summed E-state index contributed by atoms with van der Waals surface area (Å²) in [6.07, 6.45) is -4.14. The third kappa shape index (κ3) is 2.55. The van der Waals surface area contributed by atoms with Gasteiger partial charge in [-0.3, -0.25) is 9.07 Å². The van der Waals surface area contributed by atoms with Crippen molar-refractivity contribution in [3.8, 4) is 10.6 Å². The summed E-state index contributed by atoms with van der Waals surface area (Å²) < 4.78 is 50.8. The van der Waals surface area contributed by atoms with Gasteiger partial charge in [-0.2, -0.15) is 18.3 Å². The zero-order valence-corrected chi connectivity index (χ0v) is 10.3. The number of hydrogen-bond acceptors (Lipinski definition) is 2. The van der Waals surface area contributed by atoms with E-state index in [0.29, 0.717) is 4.88 Å². The molecule has 7 heteroatoms. The summed E-state index contributed by atoms with van der Waals surface area (Å²) in [5.41, 5.74) is -0.530. The molecule has 0 aliphatic carbocycles. The molecule has 2 aromatic rings. The Morgan fingerprint density at radius 3 is 2.61 bits per heavy atom. The number of halogens is 4. The van der Waals surface area contributed by atoms with Crippen molar-refractivity contribution in [3.63, 3.8) is 0 Å². The summed E-state index contributed by atoms with van der Waals surface area (Å²) in [5.74, 6) is 0. The molecule has 0 amide bonds. The number of thiophene rings is 1. The Bertz CT molecular complexity index is 541. The molecule has 0 N–H and O–H groups in total. The molecule has 0 aliphatic rings. The molecule has 2 aromatic heterocycles. The first-order chi connectivity index (χ1) is 8.41. The van der Waals surface area contributed by atoms with Crippen molar-refractivity contribution in [3.05, 3.63) is 28.8 Å². The van der Waals surface area contributed by atoms with Crippen molar-refractivity contribution in [2.24, 2.45) is 7.05 Å². The maximum Gasteiger partial charge on any atom is 0.433 e. The number of rotatable bonds is 3. The molecule has 18 heavy (non-hydrogen) atoms. The van der Waals surface area contributed by atoms with Crippen LogP contribution in [0.5, 0.6) is 0 Å². The number of hydrogen-bond donors (Lipinski definition) is 0. The van der Waals surface area contributed by atoms with Gasteiger partial charge in [0.1, 0.15) is 11.4 Å². The van der Waals surface area contributed by atoms with Gasteiger partial charge in [0.25, 0.3) is 0 Å². The maximum absolute atomic E-state index is 12.6. The van der Waals surface area contributed by atoms with E-state index in [9.17, 15) is 17.6 Å². The zero-order valence-electron chi connectivity index (χ0n) is 9.46. The average molecular weight is 278 g/mol. The molecule has 0 aromatic carbocycles. The van der Waals surface area contributed by atoms with E-state index < -0.39 is 18.5 Å². The topological polar surface area (TPSA) is 17.8 Å². The Balaban J connectivity index is 2.33. The summed E-state index contributed by atoms with van der Waals surface area (Å²) >= 11 is 1.26. The van der Waals surface area contributed by atoms with E-state index in [1.807, 2.05) is 0 Å². The van der Waals surface area contributed by atoms with Crippen LogP contribution in [-0.4, -0.2) is 16.5 Å². The largest absolute Gasteiger partial charge is 0.433 e. The Morgan fingerprint density at radius 2 is 2.06 bits per heavy atom. The summed E-state index contributed by atoms with van der Waals surface area (Å²) in [5, 5.41) is 3.83. The quantitative estimate of drug-likeness (QED) is 0.783. The lowest BCUT2D eigenvalue weighted by atomic mass is 10.3. The van der Waals surface area contributed by atoms with Crippen molar-refractivity contribution in [2.45, 2.75) is 12.6 Å². The van der Waals surface area contributed by atoms with Crippen molar-refractivity contribution < 1.29 is 17.6 Å². The molecular formula is C11H10F4N2S. The van der Waals surface area contributed by atoms with Gasteiger partial charge >= 0.3 is 6.18 Å². The van der Waals surface area contributed by atoms with Gasteiger partial charge in [0, 0.05) is 18.3 Å². The first-order valence-electron chi connectivity index (χ1n) is 5.18. The van der Waals surface area contributed by atoms with Gasteiger partial charge in [-0.25, -0.2) is 0 Å². The minimum Gasteiger partial charge on any atom is -0.263 e. The van der Waals surface area contributed by atoms with E-state index in [2.05, 4.69) is 5.10 Å². The predicted molar refractivity (Wildman–Crippen MR) is 61.2 cm³/mol. The summed E-state index contributed by atoms with van der Waals surface area (Å²) in [6, 6.07) is 4.38. The van der Waals surface area contributed by atoms with Gasteiger partial charge < -0.3 is 0 Å². The highest BCUT2D eigenvalue weighted by molar-refractivity contribution is 7.15. The van der Waals surface area contributed by atoms with Crippen LogP contribution in [0.2, 0.25) is 0 Å². The van der Waals surface area contributed by atoms with Crippen LogP contribution < -0.4 is 0 Å². The maximum atomic E-state index is 12.6. The van der Waals surface area contributed by atoms with E-state index in [0.717, 1.165) is 15.6 Å². The molecule has 98 valence electrons. The van der Waals surface area contributed by atoms with E-state index in [1.54, 1.807) is 12.1 Å². The van der Waals surface area contributed by atoms with Gasteiger partial charge in [-0.05, 0) is 18.2 Å². The molecule has 2 heterocycles. The first-order valence-corrected chi connectivity index (χ1v) is 5.99. The molecule has 0 saturated carbocycles. The third-order valence-corrected chi connectivity index (χ3v) is 3.59. The second-order valence-corrected chi connectivity index (χ2v) is 4.91. The fourth-order valence-corrected chi connectivity index (χ4v) is 2.53. The highest BCUT2D eigenvalue weighted by Crippen LogP contribution is 2.34. The number of aryl methyl sites for hydroxylation is 2. The van der Waals surface area contributed by atoms with Crippen molar-refractivity contribution in [2.75, 3.05) is 6.67 Å². The van der Waals surface area contributed by atoms with Gasteiger partial charge in [-0.15, -0.1) is 11.3 Å². The Kier molecular flexibility index (Phi) is 3.43. The normalized spacial score (nSPS) is 12.1. The van der Waals surface area contributed by atoms with E-state index in [4.69, 9.17) is 0 Å². The van der Waals surface area contributed by atoms with E-state index >= 15 is 0 Å². The van der Waals surface area contributed by atoms with Crippen molar-refractivity contribution >= 4 is 11.3 Å². The standard InChI is InChI=1S/C11H10F4N2S/c1-17-10(11(13,14)15)6-8(16-17)9-3-2-7(18-9)4-5-12/h2-3,6H,4-5H2,1H3. The van der Waals surface area contributed by atoms with Gasteiger partial charge in [0.05, 0.1) is 11.6 Å². The zero-order chi connectivity index (χ0) is 13.3. The minimum absolute atomic E-state index is 0.264. The number of nitrogens with zero attached hydrogens (tertiary/aromatic N) is 2. The minimum atomic E-state index is -4.42. The van der Waals surface area contributed by atoms with Crippen LogP contribution in [0.4, 0.5) is 17.6 Å².